The van der Waals surface area contributed by atoms with Gasteiger partial charge in [-0.3, -0.25) is 9.69 Å². The number of hydrogen-bond acceptors (Lipinski definition) is 6. The van der Waals surface area contributed by atoms with Crippen LogP contribution in [-0.4, -0.2) is 75.4 Å². The molecule has 1 fully saturated rings. The lowest BCUT2D eigenvalue weighted by atomic mass is 10.1. The summed E-state index contributed by atoms with van der Waals surface area (Å²) in [5.74, 6) is 1.93. The number of fused-ring (bicyclic) bond motifs is 1. The molecular formula is C27H37N3O4. The van der Waals surface area contributed by atoms with Gasteiger partial charge in [0.25, 0.3) is 5.91 Å². The molecular weight excluding hydrogens is 430 g/mol. The van der Waals surface area contributed by atoms with Crippen LogP contribution in [0.5, 0.6) is 11.5 Å². The lowest BCUT2D eigenvalue weighted by molar-refractivity contribution is -0.151. The molecule has 0 aromatic heterocycles. The molecule has 4 rings (SSSR count). The maximum Gasteiger partial charge on any atom is 0.253 e. The number of carbonyl (C=O) groups is 1. The molecule has 2 heterocycles. The van der Waals surface area contributed by atoms with E-state index < -0.39 is 6.10 Å². The average Bonchev–Trinajstić information content (AvgIpc) is 2.83. The van der Waals surface area contributed by atoms with Gasteiger partial charge in [0.1, 0.15) is 19.3 Å². The molecule has 0 N–H and O–H groups in total. The van der Waals surface area contributed by atoms with Crippen LogP contribution in [0.4, 0.5) is 5.69 Å². The Balaban J connectivity index is 1.41. The van der Waals surface area contributed by atoms with Crippen LogP contribution in [0.1, 0.15) is 25.0 Å². The van der Waals surface area contributed by atoms with Crippen LogP contribution in [-0.2, 0) is 22.6 Å². The molecule has 2 aliphatic heterocycles. The first-order valence-corrected chi connectivity index (χ1v) is 12.2. The molecule has 0 spiro atoms. The quantitative estimate of drug-likeness (QED) is 0.593. The Kier molecular flexibility index (Phi) is 7.95. The Morgan fingerprint density at radius 2 is 1.71 bits per heavy atom. The molecule has 34 heavy (non-hydrogen) atoms. The molecule has 1 saturated heterocycles. The van der Waals surface area contributed by atoms with Gasteiger partial charge in [-0.15, -0.1) is 0 Å². The fourth-order valence-corrected chi connectivity index (χ4v) is 4.44. The largest absolute Gasteiger partial charge is 0.486 e. The molecule has 1 unspecified atom stereocenters. The van der Waals surface area contributed by atoms with E-state index in [9.17, 15) is 4.79 Å². The van der Waals surface area contributed by atoms with E-state index in [0.29, 0.717) is 45.4 Å². The summed E-state index contributed by atoms with van der Waals surface area (Å²) >= 11 is 0. The second kappa shape index (κ2) is 11.1. The average molecular weight is 468 g/mol. The summed E-state index contributed by atoms with van der Waals surface area (Å²) in [6.45, 7) is 9.40. The number of hydrogen-bond donors (Lipinski definition) is 0. The maximum absolute atomic E-state index is 13.6. The number of benzene rings is 2. The van der Waals surface area contributed by atoms with Crippen molar-refractivity contribution in [2.75, 3.05) is 58.5 Å². The maximum atomic E-state index is 13.6. The molecule has 0 aliphatic carbocycles. The van der Waals surface area contributed by atoms with Gasteiger partial charge in [0.2, 0.25) is 0 Å². The zero-order chi connectivity index (χ0) is 24.1. The number of carbonyl (C=O) groups excluding carboxylic acids is 1. The van der Waals surface area contributed by atoms with Crippen molar-refractivity contribution in [2.24, 2.45) is 5.92 Å². The molecule has 7 heteroatoms. The molecule has 2 aromatic rings. The molecule has 7 nitrogen and oxygen atoms in total. The van der Waals surface area contributed by atoms with E-state index in [2.05, 4.69) is 47.9 Å². The monoisotopic (exact) mass is 467 g/mol. The first-order chi connectivity index (χ1) is 16.4. The Bertz CT molecular complexity index is 961. The first-order valence-electron chi connectivity index (χ1n) is 12.2. The molecule has 184 valence electrons. The van der Waals surface area contributed by atoms with E-state index in [1.54, 1.807) is 0 Å². The minimum Gasteiger partial charge on any atom is -0.486 e. The van der Waals surface area contributed by atoms with Crippen LogP contribution >= 0.6 is 0 Å². The van der Waals surface area contributed by atoms with Crippen LogP contribution in [0.2, 0.25) is 0 Å². The predicted octanol–water partition coefficient (Wildman–Crippen LogP) is 3.41. The van der Waals surface area contributed by atoms with Gasteiger partial charge in [0.05, 0.1) is 6.61 Å². The van der Waals surface area contributed by atoms with Crippen LogP contribution in [0.3, 0.4) is 0 Å². The third kappa shape index (κ3) is 6.21. The SMILES string of the molecule is CC(C)CN(Cc1ccc2c(c1)OCCO2)C(=O)C1CN(Cc2ccc(N(C)C)cc2)CCO1. The second-order valence-electron chi connectivity index (χ2n) is 9.75. The van der Waals surface area contributed by atoms with Gasteiger partial charge in [-0.05, 0) is 41.3 Å². The van der Waals surface area contributed by atoms with Crippen LogP contribution in [0, 0.1) is 5.92 Å². The highest BCUT2D eigenvalue weighted by molar-refractivity contribution is 5.81. The van der Waals surface area contributed by atoms with Crippen molar-refractivity contribution < 1.29 is 19.0 Å². The lowest BCUT2D eigenvalue weighted by Crippen LogP contribution is -2.51. The van der Waals surface area contributed by atoms with Crippen LogP contribution < -0.4 is 14.4 Å². The van der Waals surface area contributed by atoms with Crippen molar-refractivity contribution in [3.8, 4) is 11.5 Å². The van der Waals surface area contributed by atoms with E-state index in [4.69, 9.17) is 14.2 Å². The van der Waals surface area contributed by atoms with Gasteiger partial charge in [-0.2, -0.15) is 0 Å². The summed E-state index contributed by atoms with van der Waals surface area (Å²) in [4.78, 5) is 19.9. The minimum atomic E-state index is -0.453. The fraction of sp³-hybridized carbons (Fsp3) is 0.519. The molecule has 1 atom stereocenters. The van der Waals surface area contributed by atoms with Gasteiger partial charge in [-0.1, -0.05) is 32.0 Å². The highest BCUT2D eigenvalue weighted by Crippen LogP contribution is 2.31. The predicted molar refractivity (Wildman–Crippen MR) is 133 cm³/mol. The zero-order valence-corrected chi connectivity index (χ0v) is 20.8. The smallest absolute Gasteiger partial charge is 0.253 e. The zero-order valence-electron chi connectivity index (χ0n) is 20.8. The van der Waals surface area contributed by atoms with E-state index >= 15 is 0 Å². The summed E-state index contributed by atoms with van der Waals surface area (Å²) in [6, 6.07) is 14.5. The Morgan fingerprint density at radius 3 is 2.41 bits per heavy atom. The van der Waals surface area contributed by atoms with Gasteiger partial charge in [0, 0.05) is 52.5 Å². The Labute approximate surface area is 203 Å². The molecule has 0 saturated carbocycles. The van der Waals surface area contributed by atoms with Crippen molar-refractivity contribution in [1.82, 2.24) is 9.80 Å². The number of ether oxygens (including phenoxy) is 3. The van der Waals surface area contributed by atoms with Gasteiger partial charge in [-0.25, -0.2) is 0 Å². The van der Waals surface area contributed by atoms with Crippen molar-refractivity contribution in [2.45, 2.75) is 33.0 Å². The minimum absolute atomic E-state index is 0.0521. The van der Waals surface area contributed by atoms with Crippen molar-refractivity contribution in [1.29, 1.82) is 0 Å². The number of amides is 1. The Hall–Kier alpha value is -2.77. The Morgan fingerprint density at radius 1 is 1.00 bits per heavy atom. The van der Waals surface area contributed by atoms with Crippen LogP contribution in [0.25, 0.3) is 0 Å². The van der Waals surface area contributed by atoms with Crippen molar-refractivity contribution in [3.05, 3.63) is 53.6 Å². The van der Waals surface area contributed by atoms with Gasteiger partial charge in [0.15, 0.2) is 11.5 Å². The lowest BCUT2D eigenvalue weighted by Gasteiger charge is -2.35. The summed E-state index contributed by atoms with van der Waals surface area (Å²) in [7, 11) is 4.09. The van der Waals surface area contributed by atoms with E-state index in [-0.39, 0.29) is 5.91 Å². The molecule has 2 aliphatic rings. The number of nitrogens with zero attached hydrogens (tertiary/aromatic N) is 3. The van der Waals surface area contributed by atoms with E-state index in [1.165, 1.54) is 11.3 Å². The van der Waals surface area contributed by atoms with Gasteiger partial charge < -0.3 is 24.0 Å². The first kappa shape index (κ1) is 24.4. The normalized spacial score (nSPS) is 18.1. The summed E-state index contributed by atoms with van der Waals surface area (Å²) < 4.78 is 17.3. The highest BCUT2D eigenvalue weighted by atomic mass is 16.6. The third-order valence-corrected chi connectivity index (χ3v) is 6.16. The summed E-state index contributed by atoms with van der Waals surface area (Å²) in [6.07, 6.45) is -0.453. The molecule has 1 amide bonds. The second-order valence-corrected chi connectivity index (χ2v) is 9.75. The summed E-state index contributed by atoms with van der Waals surface area (Å²) in [5.41, 5.74) is 3.46. The number of rotatable bonds is 8. The van der Waals surface area contributed by atoms with Crippen LogP contribution in [0.15, 0.2) is 42.5 Å². The van der Waals surface area contributed by atoms with Crippen molar-refractivity contribution in [3.63, 3.8) is 0 Å². The summed E-state index contributed by atoms with van der Waals surface area (Å²) in [5, 5.41) is 0. The molecule has 0 radical (unpaired) electrons. The topological polar surface area (TPSA) is 54.5 Å². The molecule has 2 aromatic carbocycles. The standard InChI is InChI=1S/C27H37N3O4/c1-20(2)16-30(18-22-7-10-24-25(15-22)34-14-13-33-24)27(31)26-19-29(11-12-32-26)17-21-5-8-23(9-6-21)28(3)4/h5-10,15,20,26H,11-14,16-19H2,1-4H3. The fourth-order valence-electron chi connectivity index (χ4n) is 4.44. The number of anilines is 1. The van der Waals surface area contributed by atoms with E-state index in [0.717, 1.165) is 30.2 Å². The van der Waals surface area contributed by atoms with E-state index in [1.807, 2.05) is 37.2 Å². The number of morpholine rings is 1. The highest BCUT2D eigenvalue weighted by Gasteiger charge is 2.31. The van der Waals surface area contributed by atoms with Crippen molar-refractivity contribution >= 4 is 11.6 Å². The van der Waals surface area contributed by atoms with Gasteiger partial charge >= 0.3 is 0 Å². The third-order valence-electron chi connectivity index (χ3n) is 6.16. The molecule has 0 bridgehead atoms.